The number of rotatable bonds is 11. The smallest absolute Gasteiger partial charge is 0.319 e. The zero-order chi connectivity index (χ0) is 36.2. The monoisotopic (exact) mass is 711 g/mol. The number of nitrogens with zero attached hydrogens (tertiary/aromatic N) is 1. The maximum Gasteiger partial charge on any atom is 0.319 e. The van der Waals surface area contributed by atoms with Crippen LogP contribution in [-0.2, 0) is 22.6 Å². The number of likely N-dealkylation sites (tertiary alicyclic amines) is 1. The second-order valence-electron chi connectivity index (χ2n) is 14.0. The molecule has 0 unspecified atom stereocenters. The van der Waals surface area contributed by atoms with Crippen LogP contribution < -0.4 is 15.4 Å². The third-order valence-corrected chi connectivity index (χ3v) is 10.0. The van der Waals surface area contributed by atoms with E-state index in [4.69, 9.17) is 14.2 Å². The Hall–Kier alpha value is -4.99. The Bertz CT molecular complexity index is 1880. The number of aliphatic hydroxyl groups is 1. The molecule has 274 valence electrons. The van der Waals surface area contributed by atoms with Crippen molar-refractivity contribution >= 4 is 11.7 Å². The number of para-hydroxylation sites is 1. The first kappa shape index (κ1) is 36.4. The SMILES string of the molecule is O=C(NCc1cccc(-c2ccc([C@@H]3O[C@H](CN4CCCCCCC4)C[C@H](c4ccc(CO)cc4)O3)cc2)c1)Nc1ccc(Oc2ccccc2)cc1. The molecule has 2 amide bonds. The van der Waals surface area contributed by atoms with E-state index >= 15 is 0 Å². The van der Waals surface area contributed by atoms with Gasteiger partial charge in [-0.3, -0.25) is 0 Å². The number of aliphatic hydroxyl groups excluding tert-OH is 1. The average molecular weight is 712 g/mol. The summed E-state index contributed by atoms with van der Waals surface area (Å²) in [6.45, 7) is 3.55. The lowest BCUT2D eigenvalue weighted by molar-refractivity contribution is -0.253. The average Bonchev–Trinajstić information content (AvgIpc) is 3.19. The third-order valence-electron chi connectivity index (χ3n) is 10.0. The van der Waals surface area contributed by atoms with Gasteiger partial charge >= 0.3 is 6.03 Å². The fourth-order valence-electron chi connectivity index (χ4n) is 7.10. The number of ether oxygens (including phenoxy) is 3. The van der Waals surface area contributed by atoms with Crippen LogP contribution in [0.3, 0.4) is 0 Å². The molecule has 2 heterocycles. The molecule has 3 atom stereocenters. The fourth-order valence-corrected chi connectivity index (χ4v) is 7.10. The Morgan fingerprint density at radius 1 is 0.698 bits per heavy atom. The van der Waals surface area contributed by atoms with E-state index in [0.717, 1.165) is 65.2 Å². The minimum atomic E-state index is -0.485. The Kier molecular flexibility index (Phi) is 12.5. The molecule has 0 saturated carbocycles. The van der Waals surface area contributed by atoms with Crippen molar-refractivity contribution in [3.63, 3.8) is 0 Å². The summed E-state index contributed by atoms with van der Waals surface area (Å²) in [7, 11) is 0. The lowest BCUT2D eigenvalue weighted by atomic mass is 9.98. The summed E-state index contributed by atoms with van der Waals surface area (Å²) in [6.07, 6.45) is 6.68. The van der Waals surface area contributed by atoms with Crippen molar-refractivity contribution in [3.05, 3.63) is 150 Å². The number of hydrogen-bond acceptors (Lipinski definition) is 6. The lowest BCUT2D eigenvalue weighted by Gasteiger charge is -2.38. The van der Waals surface area contributed by atoms with Crippen molar-refractivity contribution in [2.75, 3.05) is 25.0 Å². The lowest BCUT2D eigenvalue weighted by Crippen LogP contribution is -2.40. The van der Waals surface area contributed by atoms with Gasteiger partial charge in [-0.1, -0.05) is 104 Å². The quantitative estimate of drug-likeness (QED) is 0.126. The normalized spacial score (nSPS) is 19.5. The molecule has 7 rings (SSSR count). The van der Waals surface area contributed by atoms with Crippen molar-refractivity contribution < 1.29 is 24.1 Å². The van der Waals surface area contributed by atoms with Gasteiger partial charge < -0.3 is 34.9 Å². The van der Waals surface area contributed by atoms with Crippen LogP contribution in [0.1, 0.15) is 73.2 Å². The molecule has 2 aliphatic rings. The first-order valence-corrected chi connectivity index (χ1v) is 18.9. The highest BCUT2D eigenvalue weighted by Crippen LogP contribution is 2.39. The van der Waals surface area contributed by atoms with E-state index in [-0.39, 0.29) is 24.8 Å². The van der Waals surface area contributed by atoms with Crippen LogP contribution in [0.2, 0.25) is 0 Å². The molecule has 0 aliphatic carbocycles. The van der Waals surface area contributed by atoms with Crippen LogP contribution in [0.15, 0.2) is 127 Å². The number of urea groups is 1. The second kappa shape index (κ2) is 18.2. The van der Waals surface area contributed by atoms with E-state index in [1.54, 1.807) is 0 Å². The van der Waals surface area contributed by atoms with Gasteiger partial charge in [0.05, 0.1) is 18.8 Å². The predicted octanol–water partition coefficient (Wildman–Crippen LogP) is 9.77. The van der Waals surface area contributed by atoms with Crippen molar-refractivity contribution in [1.82, 2.24) is 10.2 Å². The number of amides is 2. The van der Waals surface area contributed by atoms with E-state index in [2.05, 4.69) is 64.1 Å². The van der Waals surface area contributed by atoms with Gasteiger partial charge in [0.25, 0.3) is 0 Å². The highest BCUT2D eigenvalue weighted by atomic mass is 16.7. The van der Waals surface area contributed by atoms with Crippen molar-refractivity contribution in [2.24, 2.45) is 0 Å². The number of benzene rings is 5. The Morgan fingerprint density at radius 3 is 2.13 bits per heavy atom. The summed E-state index contributed by atoms with van der Waals surface area (Å²) in [5, 5.41) is 15.4. The summed E-state index contributed by atoms with van der Waals surface area (Å²) < 4.78 is 19.2. The first-order chi connectivity index (χ1) is 26.1. The molecule has 8 heteroatoms. The van der Waals surface area contributed by atoms with Gasteiger partial charge in [0.15, 0.2) is 6.29 Å². The van der Waals surface area contributed by atoms with Gasteiger partial charge in [0.1, 0.15) is 11.5 Å². The van der Waals surface area contributed by atoms with Crippen LogP contribution in [0, 0.1) is 0 Å². The first-order valence-electron chi connectivity index (χ1n) is 18.9. The summed E-state index contributed by atoms with van der Waals surface area (Å²) in [5.41, 5.74) is 6.79. The van der Waals surface area contributed by atoms with Gasteiger partial charge in [-0.05, 0) is 96.2 Å². The highest BCUT2D eigenvalue weighted by molar-refractivity contribution is 5.89. The molecule has 0 radical (unpaired) electrons. The zero-order valence-corrected chi connectivity index (χ0v) is 30.2. The Balaban J connectivity index is 0.969. The number of carbonyl (C=O) groups excluding carboxylic acids is 1. The summed E-state index contributed by atoms with van der Waals surface area (Å²) >= 11 is 0. The number of anilines is 1. The standard InChI is InChI=1S/C45H49N3O5/c49-32-33-14-16-36(17-15-33)43-29-42(31-48-26-7-2-1-3-8-27-48)52-44(53-43)37-20-18-35(19-21-37)38-11-9-10-34(28-38)30-46-45(50)47-39-22-24-41(25-23-39)51-40-12-5-4-6-13-40/h4-6,9-25,28,42-44,49H,1-3,7-8,26-27,29-32H2,(H2,46,47,50)/t42-,43+,44+/m0/s1. The Morgan fingerprint density at radius 2 is 1.40 bits per heavy atom. The topological polar surface area (TPSA) is 92.3 Å². The van der Waals surface area contributed by atoms with E-state index in [0.29, 0.717) is 18.0 Å². The van der Waals surface area contributed by atoms with Gasteiger partial charge in [-0.15, -0.1) is 0 Å². The van der Waals surface area contributed by atoms with Crippen LogP contribution in [-0.4, -0.2) is 41.8 Å². The zero-order valence-electron chi connectivity index (χ0n) is 30.2. The van der Waals surface area contributed by atoms with Crippen molar-refractivity contribution in [1.29, 1.82) is 0 Å². The van der Waals surface area contributed by atoms with Crippen LogP contribution in [0.4, 0.5) is 10.5 Å². The highest BCUT2D eigenvalue weighted by Gasteiger charge is 2.33. The third kappa shape index (κ3) is 10.3. The van der Waals surface area contributed by atoms with Crippen molar-refractivity contribution in [2.45, 2.75) is 70.2 Å². The second-order valence-corrected chi connectivity index (χ2v) is 14.0. The molecule has 5 aromatic rings. The Labute approximate surface area is 312 Å². The fraction of sp³-hybridized carbons (Fsp3) is 0.311. The molecule has 53 heavy (non-hydrogen) atoms. The molecule has 8 nitrogen and oxygen atoms in total. The number of hydrogen-bond donors (Lipinski definition) is 3. The van der Waals surface area contributed by atoms with Gasteiger partial charge in [0, 0.05) is 30.8 Å². The molecule has 2 fully saturated rings. The molecule has 0 spiro atoms. The van der Waals surface area contributed by atoms with E-state index in [9.17, 15) is 9.90 Å². The number of carbonyl (C=O) groups is 1. The van der Waals surface area contributed by atoms with Gasteiger partial charge in [-0.2, -0.15) is 0 Å². The maximum absolute atomic E-state index is 12.7. The van der Waals surface area contributed by atoms with Gasteiger partial charge in [-0.25, -0.2) is 4.79 Å². The van der Waals surface area contributed by atoms with E-state index in [1.165, 1.54) is 32.1 Å². The molecule has 0 aromatic heterocycles. The van der Waals surface area contributed by atoms with E-state index in [1.807, 2.05) is 78.9 Å². The predicted molar refractivity (Wildman–Crippen MR) is 209 cm³/mol. The summed E-state index contributed by atoms with van der Waals surface area (Å²) in [4.78, 5) is 15.3. The molecular formula is C45H49N3O5. The molecular weight excluding hydrogens is 663 g/mol. The largest absolute Gasteiger partial charge is 0.457 e. The maximum atomic E-state index is 12.7. The molecule has 2 aliphatic heterocycles. The summed E-state index contributed by atoms with van der Waals surface area (Å²) in [6, 6.07) is 41.3. The number of nitrogens with one attached hydrogen (secondary N) is 2. The minimum Gasteiger partial charge on any atom is -0.457 e. The van der Waals surface area contributed by atoms with Crippen LogP contribution in [0.5, 0.6) is 11.5 Å². The minimum absolute atomic E-state index is 0.0256. The van der Waals surface area contributed by atoms with Crippen molar-refractivity contribution in [3.8, 4) is 22.6 Å². The van der Waals surface area contributed by atoms with Gasteiger partial charge in [0.2, 0.25) is 0 Å². The molecule has 3 N–H and O–H groups in total. The van der Waals surface area contributed by atoms with Crippen LogP contribution >= 0.6 is 0 Å². The van der Waals surface area contributed by atoms with E-state index < -0.39 is 6.29 Å². The summed E-state index contributed by atoms with van der Waals surface area (Å²) in [5.74, 6) is 1.46. The van der Waals surface area contributed by atoms with Crippen LogP contribution in [0.25, 0.3) is 11.1 Å². The molecule has 5 aromatic carbocycles. The molecule has 2 saturated heterocycles. The molecule has 0 bridgehead atoms.